The highest BCUT2D eigenvalue weighted by molar-refractivity contribution is 6.13. The zero-order chi connectivity index (χ0) is 18.7. The lowest BCUT2D eigenvalue weighted by molar-refractivity contribution is 0.103. The van der Waals surface area contributed by atoms with E-state index < -0.39 is 0 Å². The number of carbonyl (C=O) groups excluding carboxylic acids is 2. The van der Waals surface area contributed by atoms with Crippen LogP contribution < -0.4 is 4.74 Å². The van der Waals surface area contributed by atoms with Gasteiger partial charge in [-0.25, -0.2) is 0 Å². The van der Waals surface area contributed by atoms with Crippen LogP contribution in [0.3, 0.4) is 0 Å². The third kappa shape index (κ3) is 3.72. The first-order chi connectivity index (χ1) is 12.5. The lowest BCUT2D eigenvalue weighted by atomic mass is 9.96. The summed E-state index contributed by atoms with van der Waals surface area (Å²) in [7, 11) is 1.52. The van der Waals surface area contributed by atoms with Crippen LogP contribution >= 0.6 is 0 Å². The molecule has 3 heteroatoms. The van der Waals surface area contributed by atoms with Crippen molar-refractivity contribution in [2.24, 2.45) is 0 Å². The van der Waals surface area contributed by atoms with Gasteiger partial charge in [-0.1, -0.05) is 59.7 Å². The number of aryl methyl sites for hydroxylation is 2. The van der Waals surface area contributed by atoms with Gasteiger partial charge in [-0.15, -0.1) is 0 Å². The zero-order valence-corrected chi connectivity index (χ0v) is 15.1. The summed E-state index contributed by atoms with van der Waals surface area (Å²) in [6, 6.07) is 19.7. The molecule has 3 nitrogen and oxygen atoms in total. The maximum atomic E-state index is 12.8. The van der Waals surface area contributed by atoms with Crippen molar-refractivity contribution in [3.8, 4) is 5.75 Å². The molecular formula is C23H20O3. The monoisotopic (exact) mass is 344 g/mol. The molecule has 0 amide bonds. The fourth-order valence-corrected chi connectivity index (χ4v) is 2.72. The number of carbonyl (C=O) groups is 2. The van der Waals surface area contributed by atoms with E-state index in [1.165, 1.54) is 7.11 Å². The van der Waals surface area contributed by atoms with E-state index in [9.17, 15) is 9.59 Å². The number of ether oxygens (including phenoxy) is 1. The number of hydrogen-bond acceptors (Lipinski definition) is 3. The van der Waals surface area contributed by atoms with Gasteiger partial charge in [-0.2, -0.15) is 0 Å². The second-order valence-corrected chi connectivity index (χ2v) is 6.34. The van der Waals surface area contributed by atoms with Crippen LogP contribution in [0.5, 0.6) is 5.75 Å². The van der Waals surface area contributed by atoms with Gasteiger partial charge in [0.25, 0.3) is 0 Å². The van der Waals surface area contributed by atoms with Crippen LogP contribution in [0.1, 0.15) is 43.0 Å². The van der Waals surface area contributed by atoms with E-state index in [0.29, 0.717) is 28.0 Å². The standard InChI is InChI=1S/C23H20O3/c1-15-4-8-17(9-5-15)22(24)19-12-20(14-21(13-19)26-3)23(25)18-10-6-16(2)7-11-18/h4-14H,1-3H3. The average Bonchev–Trinajstić information content (AvgIpc) is 2.67. The van der Waals surface area contributed by atoms with Crippen molar-refractivity contribution in [2.75, 3.05) is 7.11 Å². The van der Waals surface area contributed by atoms with Crippen LogP contribution in [0.4, 0.5) is 0 Å². The molecule has 0 saturated carbocycles. The van der Waals surface area contributed by atoms with E-state index in [4.69, 9.17) is 4.74 Å². The van der Waals surface area contributed by atoms with E-state index in [2.05, 4.69) is 0 Å². The molecule has 0 fully saturated rings. The van der Waals surface area contributed by atoms with Gasteiger partial charge >= 0.3 is 0 Å². The largest absolute Gasteiger partial charge is 0.497 e. The van der Waals surface area contributed by atoms with Crippen LogP contribution in [-0.2, 0) is 0 Å². The van der Waals surface area contributed by atoms with E-state index in [-0.39, 0.29) is 11.6 Å². The minimum atomic E-state index is -0.137. The van der Waals surface area contributed by atoms with E-state index >= 15 is 0 Å². The first-order valence-corrected chi connectivity index (χ1v) is 8.40. The molecule has 0 radical (unpaired) electrons. The van der Waals surface area contributed by atoms with Crippen LogP contribution in [0.2, 0.25) is 0 Å². The Kier molecular flexibility index (Phi) is 4.99. The third-order valence-electron chi connectivity index (χ3n) is 4.29. The molecular weight excluding hydrogens is 324 g/mol. The van der Waals surface area contributed by atoms with Crippen molar-refractivity contribution in [1.82, 2.24) is 0 Å². The summed E-state index contributed by atoms with van der Waals surface area (Å²) in [6.45, 7) is 3.94. The second kappa shape index (κ2) is 7.36. The average molecular weight is 344 g/mol. The summed E-state index contributed by atoms with van der Waals surface area (Å²) >= 11 is 0. The lowest BCUT2D eigenvalue weighted by Crippen LogP contribution is -2.07. The summed E-state index contributed by atoms with van der Waals surface area (Å²) in [5, 5.41) is 0. The highest BCUT2D eigenvalue weighted by Gasteiger charge is 2.16. The normalized spacial score (nSPS) is 10.4. The van der Waals surface area contributed by atoms with Gasteiger partial charge in [-0.05, 0) is 32.0 Å². The minimum absolute atomic E-state index is 0.137. The first kappa shape index (κ1) is 17.6. The van der Waals surface area contributed by atoms with Crippen molar-refractivity contribution in [3.63, 3.8) is 0 Å². The first-order valence-electron chi connectivity index (χ1n) is 8.40. The molecule has 3 aromatic rings. The van der Waals surface area contributed by atoms with Gasteiger partial charge < -0.3 is 4.74 Å². The Morgan fingerprint density at radius 2 is 1.00 bits per heavy atom. The molecule has 26 heavy (non-hydrogen) atoms. The molecule has 0 unspecified atom stereocenters. The second-order valence-electron chi connectivity index (χ2n) is 6.34. The summed E-state index contributed by atoms with van der Waals surface area (Å²) in [5.74, 6) is 0.210. The highest BCUT2D eigenvalue weighted by atomic mass is 16.5. The molecule has 0 bridgehead atoms. The van der Waals surface area contributed by atoms with Gasteiger partial charge in [0.05, 0.1) is 7.11 Å². The van der Waals surface area contributed by atoms with Crippen molar-refractivity contribution in [3.05, 3.63) is 100 Å². The Morgan fingerprint density at radius 1 is 0.615 bits per heavy atom. The number of ketones is 2. The van der Waals surface area contributed by atoms with Gasteiger partial charge in [0.1, 0.15) is 5.75 Å². The van der Waals surface area contributed by atoms with Gasteiger partial charge in [-0.3, -0.25) is 9.59 Å². The maximum absolute atomic E-state index is 12.8. The van der Waals surface area contributed by atoms with Crippen molar-refractivity contribution in [1.29, 1.82) is 0 Å². The number of methoxy groups -OCH3 is 1. The summed E-state index contributed by atoms with van der Waals surface area (Å²) < 4.78 is 5.30. The van der Waals surface area contributed by atoms with Gasteiger partial charge in [0, 0.05) is 22.3 Å². The Morgan fingerprint density at radius 3 is 1.35 bits per heavy atom. The van der Waals surface area contributed by atoms with Crippen LogP contribution in [0, 0.1) is 13.8 Å². The summed E-state index contributed by atoms with van der Waals surface area (Å²) in [5.41, 5.74) is 4.20. The quantitative estimate of drug-likeness (QED) is 0.626. The zero-order valence-electron chi connectivity index (χ0n) is 15.1. The van der Waals surface area contributed by atoms with Crippen LogP contribution in [0.15, 0.2) is 66.7 Å². The smallest absolute Gasteiger partial charge is 0.193 e. The lowest BCUT2D eigenvalue weighted by Gasteiger charge is -2.09. The topological polar surface area (TPSA) is 43.4 Å². The maximum Gasteiger partial charge on any atom is 0.193 e. The molecule has 3 rings (SSSR count). The highest BCUT2D eigenvalue weighted by Crippen LogP contribution is 2.22. The Bertz CT molecular complexity index is 876. The van der Waals surface area contributed by atoms with Crippen LogP contribution in [0.25, 0.3) is 0 Å². The van der Waals surface area contributed by atoms with E-state index in [1.807, 2.05) is 38.1 Å². The fourth-order valence-electron chi connectivity index (χ4n) is 2.72. The summed E-state index contributed by atoms with van der Waals surface area (Å²) in [4.78, 5) is 25.6. The summed E-state index contributed by atoms with van der Waals surface area (Å²) in [6.07, 6.45) is 0. The molecule has 3 aromatic carbocycles. The fraction of sp³-hybridized carbons (Fsp3) is 0.130. The molecule has 0 heterocycles. The predicted octanol–water partition coefficient (Wildman–Crippen LogP) is 4.77. The van der Waals surface area contributed by atoms with Crippen molar-refractivity contribution >= 4 is 11.6 Å². The van der Waals surface area contributed by atoms with Gasteiger partial charge in [0.15, 0.2) is 11.6 Å². The Balaban J connectivity index is 2.01. The van der Waals surface area contributed by atoms with Crippen molar-refractivity contribution in [2.45, 2.75) is 13.8 Å². The number of hydrogen-bond donors (Lipinski definition) is 0. The van der Waals surface area contributed by atoms with E-state index in [0.717, 1.165) is 11.1 Å². The minimum Gasteiger partial charge on any atom is -0.497 e. The Labute approximate surface area is 153 Å². The molecule has 0 aromatic heterocycles. The molecule has 130 valence electrons. The SMILES string of the molecule is COc1cc(C(=O)c2ccc(C)cc2)cc(C(=O)c2ccc(C)cc2)c1. The molecule has 0 spiro atoms. The third-order valence-corrected chi connectivity index (χ3v) is 4.29. The molecule has 0 aliphatic heterocycles. The molecule has 0 atom stereocenters. The van der Waals surface area contributed by atoms with Crippen molar-refractivity contribution < 1.29 is 14.3 Å². The predicted molar refractivity (Wildman–Crippen MR) is 102 cm³/mol. The number of benzene rings is 3. The van der Waals surface area contributed by atoms with Gasteiger partial charge in [0.2, 0.25) is 0 Å². The molecule has 0 aliphatic rings. The molecule has 0 saturated heterocycles. The Hall–Kier alpha value is -3.20. The molecule has 0 N–H and O–H groups in total. The number of rotatable bonds is 5. The molecule has 0 aliphatic carbocycles. The van der Waals surface area contributed by atoms with Crippen LogP contribution in [-0.4, -0.2) is 18.7 Å². The van der Waals surface area contributed by atoms with E-state index in [1.54, 1.807) is 42.5 Å².